The van der Waals surface area contributed by atoms with E-state index in [-0.39, 0.29) is 26.2 Å². The van der Waals surface area contributed by atoms with Crippen molar-refractivity contribution in [2.75, 3.05) is 26.4 Å². The number of carbonyl (C=O) groups excluding carboxylic acids is 1. The van der Waals surface area contributed by atoms with E-state index in [2.05, 4.69) is 52.4 Å². The van der Waals surface area contributed by atoms with Gasteiger partial charge in [-0.1, -0.05) is 81.9 Å². The minimum Gasteiger partial charge on any atom is -0.463 e. The maximum atomic E-state index is 11.7. The van der Waals surface area contributed by atoms with Crippen LogP contribution < -0.4 is 5.73 Å². The largest absolute Gasteiger partial charge is 0.472 e. The molecular weight excluding hydrogens is 481 g/mol. The Labute approximate surface area is 218 Å². The Hall–Kier alpha value is -1.28. The standard InChI is InChI=1S/C27H50NO7P/c1-2-3-4-5-6-7-8-9-10-11-12-13-14-15-16-17-18-19-20-21-27(30)33-24-26(29)25-35-36(31,32)34-23-22-28/h6-7,9-10,12-13,26,29H,2-5,8,11,14-25,28H2,1H3,(H,31,32)/b7-6-,10-9-,13-12-. The first-order valence-electron chi connectivity index (χ1n) is 13.5. The number of phosphoric acid groups is 1. The van der Waals surface area contributed by atoms with Gasteiger partial charge in [-0.3, -0.25) is 13.8 Å². The van der Waals surface area contributed by atoms with Gasteiger partial charge in [-0.15, -0.1) is 0 Å². The van der Waals surface area contributed by atoms with Gasteiger partial charge in [0.1, 0.15) is 12.7 Å². The van der Waals surface area contributed by atoms with Gasteiger partial charge in [0.05, 0.1) is 13.2 Å². The highest BCUT2D eigenvalue weighted by Crippen LogP contribution is 2.42. The zero-order valence-corrected chi connectivity index (χ0v) is 23.1. The van der Waals surface area contributed by atoms with Gasteiger partial charge >= 0.3 is 13.8 Å². The minimum absolute atomic E-state index is 0.0708. The smallest absolute Gasteiger partial charge is 0.463 e. The van der Waals surface area contributed by atoms with E-state index in [1.54, 1.807) is 0 Å². The summed E-state index contributed by atoms with van der Waals surface area (Å²) in [6.07, 6.45) is 27.1. The van der Waals surface area contributed by atoms with Gasteiger partial charge in [0.2, 0.25) is 0 Å². The van der Waals surface area contributed by atoms with Gasteiger partial charge in [0, 0.05) is 13.0 Å². The normalized spacial score (nSPS) is 14.7. The van der Waals surface area contributed by atoms with E-state index in [9.17, 15) is 19.4 Å². The molecule has 0 aromatic heterocycles. The highest BCUT2D eigenvalue weighted by atomic mass is 31.2. The molecule has 0 aromatic rings. The van der Waals surface area contributed by atoms with E-state index in [0.717, 1.165) is 44.9 Å². The van der Waals surface area contributed by atoms with Gasteiger partial charge < -0.3 is 20.5 Å². The van der Waals surface area contributed by atoms with Crippen molar-refractivity contribution >= 4 is 13.8 Å². The molecule has 0 fully saturated rings. The van der Waals surface area contributed by atoms with Crippen molar-refractivity contribution < 1.29 is 33.1 Å². The molecule has 0 saturated carbocycles. The molecule has 0 radical (unpaired) electrons. The Morgan fingerprint density at radius 2 is 1.39 bits per heavy atom. The third-order valence-electron chi connectivity index (χ3n) is 5.26. The average Bonchev–Trinajstić information content (AvgIpc) is 2.86. The van der Waals surface area contributed by atoms with Crippen LogP contribution in [0.3, 0.4) is 0 Å². The number of hydrogen-bond donors (Lipinski definition) is 3. The molecule has 0 heterocycles. The monoisotopic (exact) mass is 531 g/mol. The van der Waals surface area contributed by atoms with Crippen molar-refractivity contribution in [3.63, 3.8) is 0 Å². The first-order valence-corrected chi connectivity index (χ1v) is 15.0. The molecule has 210 valence electrons. The van der Waals surface area contributed by atoms with Crippen LogP contribution in [0.15, 0.2) is 36.5 Å². The maximum absolute atomic E-state index is 11.7. The number of allylic oxidation sites excluding steroid dienone is 6. The van der Waals surface area contributed by atoms with Crippen molar-refractivity contribution in [3.05, 3.63) is 36.5 Å². The van der Waals surface area contributed by atoms with Crippen molar-refractivity contribution in [2.24, 2.45) is 5.73 Å². The summed E-state index contributed by atoms with van der Waals surface area (Å²) >= 11 is 0. The molecule has 0 aliphatic heterocycles. The van der Waals surface area contributed by atoms with Crippen LogP contribution in [-0.4, -0.2) is 48.4 Å². The molecule has 0 spiro atoms. The molecular formula is C27H50NO7P. The summed E-state index contributed by atoms with van der Waals surface area (Å²) < 4.78 is 25.6. The zero-order valence-electron chi connectivity index (χ0n) is 22.2. The number of nitrogens with two attached hydrogens (primary N) is 1. The number of aliphatic hydroxyl groups excluding tert-OH is 1. The first-order chi connectivity index (χ1) is 17.4. The maximum Gasteiger partial charge on any atom is 0.472 e. The molecule has 2 unspecified atom stereocenters. The Balaban J connectivity index is 3.52. The summed E-state index contributed by atoms with van der Waals surface area (Å²) in [6, 6.07) is 0. The first kappa shape index (κ1) is 34.7. The van der Waals surface area contributed by atoms with Gasteiger partial charge in [0.25, 0.3) is 0 Å². The molecule has 0 aliphatic rings. The van der Waals surface area contributed by atoms with Crippen molar-refractivity contribution in [1.82, 2.24) is 0 Å². The van der Waals surface area contributed by atoms with Crippen LogP contribution >= 0.6 is 7.82 Å². The van der Waals surface area contributed by atoms with E-state index >= 15 is 0 Å². The lowest BCUT2D eigenvalue weighted by atomic mass is 10.1. The summed E-state index contributed by atoms with van der Waals surface area (Å²) in [4.78, 5) is 21.1. The number of aliphatic hydroxyl groups is 1. The Morgan fingerprint density at radius 3 is 2.00 bits per heavy atom. The van der Waals surface area contributed by atoms with E-state index in [1.165, 1.54) is 38.5 Å². The summed E-state index contributed by atoms with van der Waals surface area (Å²) in [6.45, 7) is 1.39. The van der Waals surface area contributed by atoms with E-state index in [0.29, 0.717) is 0 Å². The lowest BCUT2D eigenvalue weighted by Crippen LogP contribution is -2.23. The van der Waals surface area contributed by atoms with E-state index in [1.807, 2.05) is 0 Å². The molecule has 0 aromatic carbocycles. The SMILES string of the molecule is CCCCC/C=C\C/C=C\C/C=C\CCCCCCCCC(=O)OCC(O)COP(=O)(O)OCCN. The van der Waals surface area contributed by atoms with E-state index in [4.69, 9.17) is 10.5 Å². The number of unbranched alkanes of at least 4 members (excludes halogenated alkanes) is 9. The molecule has 0 rings (SSSR count). The fourth-order valence-corrected chi connectivity index (χ4v) is 3.99. The zero-order chi connectivity index (χ0) is 26.7. The molecule has 4 N–H and O–H groups in total. The number of phosphoric ester groups is 1. The van der Waals surface area contributed by atoms with Crippen LogP contribution in [0.1, 0.15) is 96.8 Å². The molecule has 36 heavy (non-hydrogen) atoms. The number of esters is 1. The van der Waals surface area contributed by atoms with Crippen LogP contribution in [0.5, 0.6) is 0 Å². The quantitative estimate of drug-likeness (QED) is 0.0555. The highest BCUT2D eigenvalue weighted by Gasteiger charge is 2.22. The fraction of sp³-hybridized carbons (Fsp3) is 0.741. The molecule has 9 heteroatoms. The third-order valence-corrected chi connectivity index (χ3v) is 6.24. The van der Waals surface area contributed by atoms with Crippen LogP contribution in [0, 0.1) is 0 Å². The lowest BCUT2D eigenvalue weighted by molar-refractivity contribution is -0.147. The summed E-state index contributed by atoms with van der Waals surface area (Å²) in [5, 5.41) is 9.70. The second kappa shape index (κ2) is 25.4. The van der Waals surface area contributed by atoms with Gasteiger partial charge in [-0.05, 0) is 44.9 Å². The van der Waals surface area contributed by atoms with Gasteiger partial charge in [-0.2, -0.15) is 0 Å². The van der Waals surface area contributed by atoms with Gasteiger partial charge in [0.15, 0.2) is 0 Å². The highest BCUT2D eigenvalue weighted by molar-refractivity contribution is 7.47. The van der Waals surface area contributed by atoms with Crippen molar-refractivity contribution in [1.29, 1.82) is 0 Å². The molecule has 0 saturated heterocycles. The fourth-order valence-electron chi connectivity index (χ4n) is 3.22. The van der Waals surface area contributed by atoms with Gasteiger partial charge in [-0.25, -0.2) is 4.57 Å². The topological polar surface area (TPSA) is 128 Å². The van der Waals surface area contributed by atoms with Crippen LogP contribution in [0.4, 0.5) is 0 Å². The Morgan fingerprint density at radius 1 is 0.833 bits per heavy atom. The predicted octanol–water partition coefficient (Wildman–Crippen LogP) is 6.13. The average molecular weight is 532 g/mol. The van der Waals surface area contributed by atoms with Crippen LogP contribution in [-0.2, 0) is 23.1 Å². The predicted molar refractivity (Wildman–Crippen MR) is 145 cm³/mol. The number of hydrogen-bond acceptors (Lipinski definition) is 7. The third kappa shape index (κ3) is 25.8. The summed E-state index contributed by atoms with van der Waals surface area (Å²) in [5.41, 5.74) is 5.17. The Kier molecular flexibility index (Phi) is 24.5. The van der Waals surface area contributed by atoms with Crippen LogP contribution in [0.2, 0.25) is 0 Å². The molecule has 0 amide bonds. The second-order valence-corrected chi connectivity index (χ2v) is 10.2. The van der Waals surface area contributed by atoms with Crippen LogP contribution in [0.25, 0.3) is 0 Å². The lowest BCUT2D eigenvalue weighted by Gasteiger charge is -2.15. The number of ether oxygens (including phenoxy) is 1. The molecule has 0 bridgehead atoms. The second-order valence-electron chi connectivity index (χ2n) is 8.76. The molecule has 8 nitrogen and oxygen atoms in total. The molecule has 0 aliphatic carbocycles. The minimum atomic E-state index is -4.25. The molecule has 2 atom stereocenters. The number of rotatable bonds is 25. The van der Waals surface area contributed by atoms with Crippen molar-refractivity contribution in [2.45, 2.75) is 103 Å². The van der Waals surface area contributed by atoms with Crippen molar-refractivity contribution in [3.8, 4) is 0 Å². The van der Waals surface area contributed by atoms with E-state index < -0.39 is 26.5 Å². The summed E-state index contributed by atoms with van der Waals surface area (Å²) in [5.74, 6) is -0.400. The summed E-state index contributed by atoms with van der Waals surface area (Å²) in [7, 11) is -4.25. The number of carbonyl (C=O) groups is 1. The Bertz CT molecular complexity index is 652.